The van der Waals surface area contributed by atoms with Crippen LogP contribution in [0.4, 0.5) is 4.79 Å². The maximum atomic E-state index is 14.4. The molecule has 47 heavy (non-hydrogen) atoms. The van der Waals surface area contributed by atoms with Crippen LogP contribution in [0.5, 0.6) is 0 Å². The number of ether oxygens (including phenoxy) is 2. The van der Waals surface area contributed by atoms with Crippen molar-refractivity contribution in [1.82, 2.24) is 15.5 Å². The van der Waals surface area contributed by atoms with Crippen molar-refractivity contribution in [3.63, 3.8) is 0 Å². The van der Waals surface area contributed by atoms with Crippen LogP contribution in [0.3, 0.4) is 0 Å². The highest BCUT2D eigenvalue weighted by Crippen LogP contribution is 2.26. The van der Waals surface area contributed by atoms with E-state index in [4.69, 9.17) is 15.2 Å². The first-order valence-corrected chi connectivity index (χ1v) is 15.6. The smallest absolute Gasteiger partial charge is 0.408 e. The lowest BCUT2D eigenvalue weighted by molar-refractivity contribution is -0.159. The number of nitrogens with zero attached hydrogens (tertiary/aromatic N) is 1. The van der Waals surface area contributed by atoms with Gasteiger partial charge in [-0.25, -0.2) is 9.59 Å². The molecule has 0 bridgehead atoms. The van der Waals surface area contributed by atoms with Gasteiger partial charge in [0.1, 0.15) is 29.3 Å². The number of nitrogens with two attached hydrogens (primary N) is 1. The van der Waals surface area contributed by atoms with Crippen LogP contribution in [0.2, 0.25) is 0 Å². The van der Waals surface area contributed by atoms with Crippen molar-refractivity contribution in [2.45, 2.75) is 104 Å². The van der Waals surface area contributed by atoms with Gasteiger partial charge < -0.3 is 30.7 Å². The maximum absolute atomic E-state index is 14.4. The minimum Gasteiger partial charge on any atom is -0.458 e. The predicted molar refractivity (Wildman–Crippen MR) is 180 cm³/mol. The summed E-state index contributed by atoms with van der Waals surface area (Å²) in [6.07, 6.45) is 0.355. The predicted octanol–water partition coefficient (Wildman–Crippen LogP) is 4.59. The molecule has 0 aromatic heterocycles. The molecule has 2 rings (SSSR count). The summed E-state index contributed by atoms with van der Waals surface area (Å²) in [4.78, 5) is 67.9. The summed E-state index contributed by atoms with van der Waals surface area (Å²) in [5, 5.41) is 5.40. The fourth-order valence-corrected chi connectivity index (χ4v) is 4.73. The number of carbonyl (C=O) groups excluding carboxylic acids is 5. The largest absolute Gasteiger partial charge is 0.458 e. The topological polar surface area (TPSA) is 157 Å². The Morgan fingerprint density at radius 3 is 2.02 bits per heavy atom. The number of benzene rings is 2. The van der Waals surface area contributed by atoms with Gasteiger partial charge in [-0.05, 0) is 84.1 Å². The van der Waals surface area contributed by atoms with Crippen LogP contribution in [0.15, 0.2) is 61.2 Å². The third-order valence-electron chi connectivity index (χ3n) is 6.97. The lowest BCUT2D eigenvalue weighted by Crippen LogP contribution is -2.55. The molecule has 0 aliphatic carbocycles. The highest BCUT2D eigenvalue weighted by molar-refractivity contribution is 5.94. The molecule has 2 aromatic rings. The summed E-state index contributed by atoms with van der Waals surface area (Å²) in [5.74, 6) is -2.64. The Labute approximate surface area is 278 Å². The molecule has 3 unspecified atom stereocenters. The van der Waals surface area contributed by atoms with Crippen molar-refractivity contribution in [3.8, 4) is 0 Å². The average molecular weight is 651 g/mol. The van der Waals surface area contributed by atoms with Gasteiger partial charge in [0.05, 0.1) is 0 Å². The minimum absolute atomic E-state index is 0.108. The number of hydrogen-bond donors (Lipinski definition) is 3. The van der Waals surface area contributed by atoms with Crippen molar-refractivity contribution in [2.24, 2.45) is 5.73 Å². The summed E-state index contributed by atoms with van der Waals surface area (Å²) in [5.41, 5.74) is 6.81. The zero-order chi connectivity index (χ0) is 35.5. The van der Waals surface area contributed by atoms with Gasteiger partial charge in [-0.3, -0.25) is 14.4 Å². The summed E-state index contributed by atoms with van der Waals surface area (Å²) in [6.45, 7) is 17.7. The number of rotatable bonds is 14. The van der Waals surface area contributed by atoms with Crippen LogP contribution < -0.4 is 16.4 Å². The quantitative estimate of drug-likeness (QED) is 0.199. The number of hydrogen-bond acceptors (Lipinski definition) is 7. The fraction of sp³-hybridized carbons (Fsp3) is 0.472. The second kappa shape index (κ2) is 16.8. The van der Waals surface area contributed by atoms with Crippen LogP contribution in [0, 0.1) is 13.8 Å². The highest BCUT2D eigenvalue weighted by atomic mass is 16.6. The van der Waals surface area contributed by atoms with E-state index in [-0.39, 0.29) is 25.8 Å². The number of nitrogens with one attached hydrogen (secondary N) is 2. The van der Waals surface area contributed by atoms with Crippen LogP contribution in [-0.4, -0.2) is 64.5 Å². The van der Waals surface area contributed by atoms with Gasteiger partial charge in [0.25, 0.3) is 0 Å². The first kappa shape index (κ1) is 38.5. The van der Waals surface area contributed by atoms with Crippen LogP contribution in [0.1, 0.15) is 82.7 Å². The SMILES string of the molecule is C=CCN(C(=O)C(CCC(N)=O)NC(=O)OC(C)(C)C)C(C(=O)NC(Cc1ccccc1)C(=O)OC(C)(C)C)c1ccc(C)c(C)c1. The third kappa shape index (κ3) is 12.9. The average Bonchev–Trinajstić information content (AvgIpc) is 2.94. The maximum Gasteiger partial charge on any atom is 0.408 e. The van der Waals surface area contributed by atoms with Crippen LogP contribution >= 0.6 is 0 Å². The molecular weight excluding hydrogens is 600 g/mol. The molecule has 0 saturated carbocycles. The molecule has 0 aliphatic heterocycles. The molecule has 2 aromatic carbocycles. The van der Waals surface area contributed by atoms with Gasteiger partial charge in [-0.15, -0.1) is 6.58 Å². The molecule has 0 saturated heterocycles. The second-order valence-electron chi connectivity index (χ2n) is 13.5. The number of primary amides is 1. The van der Waals surface area contributed by atoms with E-state index in [1.165, 1.54) is 11.0 Å². The molecule has 11 nitrogen and oxygen atoms in total. The molecule has 3 atom stereocenters. The second-order valence-corrected chi connectivity index (χ2v) is 13.5. The summed E-state index contributed by atoms with van der Waals surface area (Å²) in [7, 11) is 0. The molecular formula is C36H50N4O7. The molecule has 4 N–H and O–H groups in total. The Balaban J connectivity index is 2.63. The van der Waals surface area contributed by atoms with Crippen molar-refractivity contribution in [2.75, 3.05) is 6.54 Å². The van der Waals surface area contributed by atoms with Gasteiger partial charge in [0.2, 0.25) is 17.7 Å². The Morgan fingerprint density at radius 1 is 0.872 bits per heavy atom. The zero-order valence-corrected chi connectivity index (χ0v) is 28.8. The Morgan fingerprint density at radius 2 is 1.49 bits per heavy atom. The number of carbonyl (C=O) groups is 5. The third-order valence-corrected chi connectivity index (χ3v) is 6.97. The van der Waals surface area contributed by atoms with Crippen LogP contribution in [-0.2, 0) is 35.1 Å². The van der Waals surface area contributed by atoms with Crippen molar-refractivity contribution in [1.29, 1.82) is 0 Å². The van der Waals surface area contributed by atoms with Gasteiger partial charge >= 0.3 is 12.1 Å². The number of alkyl carbamates (subject to hydrolysis) is 1. The van der Waals surface area contributed by atoms with Gasteiger partial charge in [-0.1, -0.05) is 54.6 Å². The van der Waals surface area contributed by atoms with Crippen molar-refractivity contribution < 1.29 is 33.4 Å². The van der Waals surface area contributed by atoms with Gasteiger partial charge in [0, 0.05) is 19.4 Å². The fourth-order valence-electron chi connectivity index (χ4n) is 4.73. The molecule has 256 valence electrons. The molecule has 0 aliphatic rings. The Hall–Kier alpha value is -4.67. The molecule has 0 fully saturated rings. The summed E-state index contributed by atoms with van der Waals surface area (Å²) in [6, 6.07) is 10.9. The zero-order valence-electron chi connectivity index (χ0n) is 28.8. The standard InChI is InChI=1S/C36H50N4O7/c1-10-20-40(32(43)27(18-19-29(37)41)39-34(45)47-36(7,8)9)30(26-17-16-23(2)24(3)21-26)31(42)38-28(33(44)46-35(4,5)6)22-25-14-12-11-13-15-25/h10-17,21,27-28,30H,1,18-20,22H2,2-9H3,(H2,37,41)(H,38,42)(H,39,45). The lowest BCUT2D eigenvalue weighted by atomic mass is 9.97. The highest BCUT2D eigenvalue weighted by Gasteiger charge is 2.38. The minimum atomic E-state index is -1.27. The first-order valence-electron chi connectivity index (χ1n) is 15.6. The molecule has 0 radical (unpaired) electrons. The van der Waals surface area contributed by atoms with E-state index in [1.807, 2.05) is 50.2 Å². The van der Waals surface area contributed by atoms with Crippen molar-refractivity contribution >= 4 is 29.8 Å². The van der Waals surface area contributed by atoms with E-state index >= 15 is 0 Å². The van der Waals surface area contributed by atoms with Crippen LogP contribution in [0.25, 0.3) is 0 Å². The van der Waals surface area contributed by atoms with Gasteiger partial charge in [0.15, 0.2) is 0 Å². The number of amides is 4. The Bertz CT molecular complexity index is 1430. The lowest BCUT2D eigenvalue weighted by Gasteiger charge is -2.35. The van der Waals surface area contributed by atoms with E-state index in [9.17, 15) is 24.0 Å². The van der Waals surface area contributed by atoms with Crippen molar-refractivity contribution in [3.05, 3.63) is 83.4 Å². The monoisotopic (exact) mass is 650 g/mol. The number of esters is 1. The van der Waals surface area contributed by atoms with E-state index in [1.54, 1.807) is 53.7 Å². The number of aryl methyl sites for hydroxylation is 2. The molecule has 0 heterocycles. The normalized spacial score (nSPS) is 13.4. The van der Waals surface area contributed by atoms with E-state index in [0.717, 1.165) is 16.7 Å². The molecule has 4 amide bonds. The van der Waals surface area contributed by atoms with E-state index < -0.39 is 59.1 Å². The summed E-state index contributed by atoms with van der Waals surface area (Å²) >= 11 is 0. The summed E-state index contributed by atoms with van der Waals surface area (Å²) < 4.78 is 11.0. The van der Waals surface area contributed by atoms with Gasteiger partial charge in [-0.2, -0.15) is 0 Å². The molecule has 0 spiro atoms. The van der Waals surface area contributed by atoms with E-state index in [2.05, 4.69) is 17.2 Å². The Kier molecular flexibility index (Phi) is 13.7. The van der Waals surface area contributed by atoms with E-state index in [0.29, 0.717) is 5.56 Å². The molecule has 11 heteroatoms. The first-order chi connectivity index (χ1) is 21.8.